The van der Waals surface area contributed by atoms with E-state index in [-0.39, 0.29) is 11.5 Å². The van der Waals surface area contributed by atoms with Gasteiger partial charge < -0.3 is 15.1 Å². The van der Waals surface area contributed by atoms with Gasteiger partial charge >= 0.3 is 0 Å². The fraction of sp³-hybridized carbons (Fsp3) is 0.0400. The van der Waals surface area contributed by atoms with Gasteiger partial charge in [-0.3, -0.25) is 0 Å². The minimum atomic E-state index is -0.0130. The molecule has 36 heavy (non-hydrogen) atoms. The second kappa shape index (κ2) is 8.89. The van der Waals surface area contributed by atoms with Crippen molar-refractivity contribution in [2.45, 2.75) is 0 Å². The van der Waals surface area contributed by atoms with E-state index in [1.807, 2.05) is 72.8 Å². The first-order valence-corrected chi connectivity index (χ1v) is 13.0. The molecule has 2 aromatic heterocycles. The van der Waals surface area contributed by atoms with Crippen molar-refractivity contribution in [3.63, 3.8) is 0 Å². The van der Waals surface area contributed by atoms with Crippen molar-refractivity contribution in [1.82, 2.24) is 30.0 Å². The van der Waals surface area contributed by atoms with Crippen LogP contribution in [-0.4, -0.2) is 47.2 Å². The van der Waals surface area contributed by atoms with Crippen molar-refractivity contribution < 1.29 is 10.2 Å². The van der Waals surface area contributed by atoms with Crippen LogP contribution in [0.1, 0.15) is 0 Å². The van der Waals surface area contributed by atoms with Crippen LogP contribution in [0.15, 0.2) is 72.8 Å². The zero-order valence-electron chi connectivity index (χ0n) is 18.7. The molecule has 0 radical (unpaired) electrons. The average molecular weight is 701 g/mol. The Morgan fingerprint density at radius 1 is 0.611 bits per heavy atom. The Hall–Kier alpha value is -3.46. The van der Waals surface area contributed by atoms with Gasteiger partial charge in [0.05, 0.1) is 11.4 Å². The summed E-state index contributed by atoms with van der Waals surface area (Å²) >= 11 is 4.38. The molecule has 0 saturated carbocycles. The van der Waals surface area contributed by atoms with Crippen LogP contribution in [0.4, 0.5) is 11.4 Å². The minimum Gasteiger partial charge on any atom is -0.504 e. The highest BCUT2D eigenvalue weighted by Gasteiger charge is 2.22. The summed E-state index contributed by atoms with van der Waals surface area (Å²) in [6.07, 6.45) is 0. The molecule has 0 spiro atoms. The summed E-state index contributed by atoms with van der Waals surface area (Å²) < 4.78 is 1.74. The zero-order valence-corrected chi connectivity index (χ0v) is 23.0. The van der Waals surface area contributed by atoms with Gasteiger partial charge in [0.1, 0.15) is 33.4 Å². The predicted molar refractivity (Wildman–Crippen MR) is 155 cm³/mol. The molecule has 6 rings (SSSR count). The Bertz CT molecular complexity index is 1580. The number of phenolic OH excluding ortho intramolecular Hbond substituents is 2. The summed E-state index contributed by atoms with van der Waals surface area (Å²) in [5, 5.41) is 40.7. The molecule has 178 valence electrons. The van der Waals surface area contributed by atoms with Crippen molar-refractivity contribution >= 4 is 78.6 Å². The number of hydrogen-bond acceptors (Lipinski definition) is 7. The van der Waals surface area contributed by atoms with Gasteiger partial charge in [0, 0.05) is 14.2 Å². The summed E-state index contributed by atoms with van der Waals surface area (Å²) in [5.74, 6) is -0.0260. The molecule has 2 heterocycles. The normalized spacial score (nSPS) is 11.4. The Morgan fingerprint density at radius 3 is 1.28 bits per heavy atom. The quantitative estimate of drug-likeness (QED) is 0.233. The fourth-order valence-corrected chi connectivity index (χ4v) is 5.20. The van der Waals surface area contributed by atoms with E-state index in [9.17, 15) is 10.2 Å². The molecule has 0 amide bonds. The van der Waals surface area contributed by atoms with E-state index in [4.69, 9.17) is 0 Å². The maximum Gasteiger partial charge on any atom is 0.167 e. The molecule has 0 fully saturated rings. The first kappa shape index (κ1) is 23.0. The van der Waals surface area contributed by atoms with E-state index in [0.29, 0.717) is 22.7 Å². The number of fused-ring (bicyclic) bond motifs is 2. The van der Waals surface area contributed by atoms with Crippen LogP contribution in [0, 0.1) is 7.14 Å². The number of halogens is 2. The molecule has 11 heteroatoms. The fourth-order valence-electron chi connectivity index (χ4n) is 4.02. The molecule has 6 aromatic rings. The van der Waals surface area contributed by atoms with Gasteiger partial charge in [0.25, 0.3) is 0 Å². The molecule has 0 saturated heterocycles. The lowest BCUT2D eigenvalue weighted by atomic mass is 10.2. The highest BCUT2D eigenvalue weighted by atomic mass is 127. The average Bonchev–Trinajstić information content (AvgIpc) is 3.50. The number of aromatic nitrogens is 6. The van der Waals surface area contributed by atoms with Gasteiger partial charge in [-0.2, -0.15) is 0 Å². The lowest BCUT2D eigenvalue weighted by Crippen LogP contribution is -2.13. The van der Waals surface area contributed by atoms with E-state index < -0.39 is 0 Å². The molecule has 0 aliphatic heterocycles. The largest absolute Gasteiger partial charge is 0.504 e. The third-order valence-electron chi connectivity index (χ3n) is 5.80. The van der Waals surface area contributed by atoms with E-state index in [2.05, 4.69) is 65.6 Å². The zero-order chi connectivity index (χ0) is 25.0. The van der Waals surface area contributed by atoms with Crippen LogP contribution in [0.3, 0.4) is 0 Å². The highest BCUT2D eigenvalue weighted by Crippen LogP contribution is 2.43. The van der Waals surface area contributed by atoms with Crippen molar-refractivity contribution in [2.75, 3.05) is 11.9 Å². The van der Waals surface area contributed by atoms with E-state index >= 15 is 0 Å². The molecule has 0 bridgehead atoms. The number of phenols is 2. The van der Waals surface area contributed by atoms with Crippen LogP contribution in [0.25, 0.3) is 33.4 Å². The second-order valence-electron chi connectivity index (χ2n) is 8.10. The number of rotatable bonds is 4. The van der Waals surface area contributed by atoms with E-state index in [1.54, 1.807) is 11.9 Å². The first-order valence-electron chi connectivity index (χ1n) is 10.8. The van der Waals surface area contributed by atoms with Crippen molar-refractivity contribution in [2.24, 2.45) is 0 Å². The molecule has 0 unspecified atom stereocenters. The first-order chi connectivity index (χ1) is 17.4. The maximum absolute atomic E-state index is 11.3. The molecule has 9 nitrogen and oxygen atoms in total. The van der Waals surface area contributed by atoms with Gasteiger partial charge in [-0.1, -0.05) is 24.3 Å². The number of hydrogen-bond donors (Lipinski definition) is 2. The molecular formula is C25H17I2N7O2. The Labute approximate surface area is 232 Å². The van der Waals surface area contributed by atoms with Crippen LogP contribution in [0.5, 0.6) is 11.5 Å². The van der Waals surface area contributed by atoms with Gasteiger partial charge in [-0.05, 0) is 93.7 Å². The minimum absolute atomic E-state index is 0.0130. The molecule has 0 aliphatic rings. The number of anilines is 2. The van der Waals surface area contributed by atoms with Crippen LogP contribution in [-0.2, 0) is 0 Å². The lowest BCUT2D eigenvalue weighted by Gasteiger charge is -2.24. The lowest BCUT2D eigenvalue weighted by molar-refractivity contribution is 0.464. The van der Waals surface area contributed by atoms with Crippen LogP contribution >= 0.6 is 45.2 Å². The highest BCUT2D eigenvalue weighted by molar-refractivity contribution is 14.1. The second-order valence-corrected chi connectivity index (χ2v) is 10.6. The monoisotopic (exact) mass is 701 g/mol. The smallest absolute Gasteiger partial charge is 0.167 e. The van der Waals surface area contributed by atoms with Crippen molar-refractivity contribution in [3.05, 3.63) is 79.9 Å². The van der Waals surface area contributed by atoms with E-state index in [0.717, 1.165) is 29.2 Å². The Balaban J connectivity index is 1.47. The standard InChI is InChI=1S/C25H17I2N7O2/c1-32(20-10-14(26)12-22(24(20)35)33-28-16-6-2-3-7-17(16)29-33)21-11-15(27)13-23(25(21)36)34-30-18-8-4-5-9-19(18)31-34/h2-13,35-36H,1H3. The van der Waals surface area contributed by atoms with Crippen molar-refractivity contribution in [3.8, 4) is 22.9 Å². The summed E-state index contributed by atoms with van der Waals surface area (Å²) in [5.41, 5.74) is 4.75. The SMILES string of the molecule is CN(c1cc(I)cc(-n2nc3ccccc3n2)c1O)c1cc(I)cc(-n2nc3ccccc3n2)c1O. The number of aromatic hydroxyl groups is 2. The van der Waals surface area contributed by atoms with Crippen molar-refractivity contribution in [1.29, 1.82) is 0 Å². The number of nitrogens with zero attached hydrogens (tertiary/aromatic N) is 7. The molecule has 4 aromatic carbocycles. The third-order valence-corrected chi connectivity index (χ3v) is 7.04. The summed E-state index contributed by atoms with van der Waals surface area (Å²) in [7, 11) is 1.78. The van der Waals surface area contributed by atoms with Gasteiger partial charge in [0.15, 0.2) is 11.5 Å². The summed E-state index contributed by atoms with van der Waals surface area (Å²) in [6, 6.07) is 22.3. The predicted octanol–water partition coefficient (Wildman–Crippen LogP) is 5.54. The van der Waals surface area contributed by atoms with Crippen LogP contribution in [0.2, 0.25) is 0 Å². The molecule has 0 aliphatic carbocycles. The third kappa shape index (κ3) is 3.91. The Kier molecular flexibility index (Phi) is 5.67. The summed E-state index contributed by atoms with van der Waals surface area (Å²) in [6.45, 7) is 0. The van der Waals surface area contributed by atoms with E-state index in [1.165, 1.54) is 9.59 Å². The molecule has 2 N–H and O–H groups in total. The summed E-state index contributed by atoms with van der Waals surface area (Å²) in [4.78, 5) is 4.59. The van der Waals surface area contributed by atoms with Crippen LogP contribution < -0.4 is 4.90 Å². The number of benzene rings is 4. The maximum atomic E-state index is 11.3. The Morgan fingerprint density at radius 2 is 0.944 bits per heavy atom. The molecule has 0 atom stereocenters. The molecular weight excluding hydrogens is 684 g/mol. The van der Waals surface area contributed by atoms with Gasteiger partial charge in [-0.15, -0.1) is 30.0 Å². The van der Waals surface area contributed by atoms with Gasteiger partial charge in [0.2, 0.25) is 0 Å². The van der Waals surface area contributed by atoms with Gasteiger partial charge in [-0.25, -0.2) is 0 Å². The topological polar surface area (TPSA) is 105 Å².